The molecule has 0 bridgehead atoms. The van der Waals surface area contributed by atoms with E-state index < -0.39 is 0 Å². The molecule has 2 rings (SSSR count). The summed E-state index contributed by atoms with van der Waals surface area (Å²) in [5.74, 6) is 0. The van der Waals surface area contributed by atoms with Crippen LogP contribution in [0.15, 0.2) is 30.5 Å². The number of benzene rings is 1. The van der Waals surface area contributed by atoms with Crippen LogP contribution in [0.5, 0.6) is 0 Å². The number of fused-ring (bicyclic) bond motifs is 1. The summed E-state index contributed by atoms with van der Waals surface area (Å²) < 4.78 is 0. The molecule has 1 aliphatic rings. The molecule has 1 aliphatic heterocycles. The van der Waals surface area contributed by atoms with Gasteiger partial charge in [0.25, 0.3) is 0 Å². The minimum atomic E-state index is -0.124. The van der Waals surface area contributed by atoms with Crippen LogP contribution in [0.4, 0.5) is 0 Å². The quantitative estimate of drug-likeness (QED) is 0.670. The Kier molecular flexibility index (Phi) is 2.24. The molecule has 2 heteroatoms. The van der Waals surface area contributed by atoms with Crippen molar-refractivity contribution < 1.29 is 0 Å². The molecule has 1 aromatic carbocycles. The van der Waals surface area contributed by atoms with Crippen LogP contribution in [-0.2, 0) is 0 Å². The molecular formula is C12H12N2. The lowest BCUT2D eigenvalue weighted by Gasteiger charge is -2.29. The largest absolute Gasteiger partial charge is 0.359 e. The fourth-order valence-electron chi connectivity index (χ4n) is 1.78. The molecular weight excluding hydrogens is 172 g/mol. The van der Waals surface area contributed by atoms with Gasteiger partial charge in [-0.1, -0.05) is 24.3 Å². The van der Waals surface area contributed by atoms with E-state index in [1.807, 2.05) is 35.4 Å². The highest BCUT2D eigenvalue weighted by molar-refractivity contribution is 5.58. The first-order valence-corrected chi connectivity index (χ1v) is 4.79. The average Bonchev–Trinajstić information content (AvgIpc) is 2.27. The monoisotopic (exact) mass is 184 g/mol. The van der Waals surface area contributed by atoms with Crippen LogP contribution >= 0.6 is 0 Å². The second kappa shape index (κ2) is 3.55. The van der Waals surface area contributed by atoms with Crippen molar-refractivity contribution in [3.63, 3.8) is 0 Å². The van der Waals surface area contributed by atoms with Crippen molar-refractivity contribution in [3.05, 3.63) is 41.6 Å². The highest BCUT2D eigenvalue weighted by Crippen LogP contribution is 2.28. The maximum absolute atomic E-state index is 9.11. The Bertz CT molecular complexity index is 401. The van der Waals surface area contributed by atoms with Crippen molar-refractivity contribution >= 4 is 6.08 Å². The number of rotatable bonds is 1. The van der Waals surface area contributed by atoms with Gasteiger partial charge in [-0.2, -0.15) is 5.26 Å². The van der Waals surface area contributed by atoms with Gasteiger partial charge in [0.15, 0.2) is 0 Å². The molecule has 0 radical (unpaired) electrons. The SMILES string of the molecule is CCN1C=Cc2ccccc2C1C#N. The Morgan fingerprint density at radius 3 is 2.93 bits per heavy atom. The molecule has 2 nitrogen and oxygen atoms in total. The molecule has 0 aromatic heterocycles. The van der Waals surface area contributed by atoms with Crippen molar-refractivity contribution in [1.82, 2.24) is 4.90 Å². The number of nitriles is 1. The normalized spacial score (nSPS) is 18.9. The van der Waals surface area contributed by atoms with Crippen LogP contribution in [0, 0.1) is 11.3 Å². The van der Waals surface area contributed by atoms with Crippen LogP contribution in [-0.4, -0.2) is 11.4 Å². The summed E-state index contributed by atoms with van der Waals surface area (Å²) in [5, 5.41) is 9.11. The van der Waals surface area contributed by atoms with E-state index in [-0.39, 0.29) is 6.04 Å². The number of hydrogen-bond acceptors (Lipinski definition) is 2. The second-order valence-electron chi connectivity index (χ2n) is 3.31. The number of hydrogen-bond donors (Lipinski definition) is 0. The van der Waals surface area contributed by atoms with E-state index in [9.17, 15) is 0 Å². The van der Waals surface area contributed by atoms with Gasteiger partial charge < -0.3 is 4.90 Å². The fraction of sp³-hybridized carbons (Fsp3) is 0.250. The van der Waals surface area contributed by atoms with E-state index in [2.05, 4.69) is 19.1 Å². The van der Waals surface area contributed by atoms with E-state index in [1.165, 1.54) is 0 Å². The summed E-state index contributed by atoms with van der Waals surface area (Å²) >= 11 is 0. The maximum Gasteiger partial charge on any atom is 0.142 e. The van der Waals surface area contributed by atoms with Crippen molar-refractivity contribution in [2.75, 3.05) is 6.54 Å². The molecule has 0 saturated heterocycles. The standard InChI is InChI=1S/C12H12N2/c1-2-14-8-7-10-5-3-4-6-11(10)12(14)9-13/h3-8,12H,2H2,1H3. The third-order valence-electron chi connectivity index (χ3n) is 2.56. The van der Waals surface area contributed by atoms with Gasteiger partial charge in [-0.3, -0.25) is 0 Å². The van der Waals surface area contributed by atoms with Crippen LogP contribution in [0.1, 0.15) is 24.1 Å². The van der Waals surface area contributed by atoms with Gasteiger partial charge in [-0.25, -0.2) is 0 Å². The number of nitrogens with zero attached hydrogens (tertiary/aromatic N) is 2. The first-order chi connectivity index (χ1) is 6.86. The lowest BCUT2D eigenvalue weighted by atomic mass is 9.97. The summed E-state index contributed by atoms with van der Waals surface area (Å²) in [7, 11) is 0. The molecule has 1 unspecified atom stereocenters. The van der Waals surface area contributed by atoms with Crippen LogP contribution in [0.3, 0.4) is 0 Å². The van der Waals surface area contributed by atoms with Crippen LogP contribution in [0.25, 0.3) is 6.08 Å². The molecule has 1 heterocycles. The van der Waals surface area contributed by atoms with E-state index >= 15 is 0 Å². The molecule has 0 N–H and O–H groups in total. The van der Waals surface area contributed by atoms with E-state index in [0.29, 0.717) is 0 Å². The summed E-state index contributed by atoms with van der Waals surface area (Å²) in [6.07, 6.45) is 4.06. The highest BCUT2D eigenvalue weighted by atomic mass is 15.1. The predicted octanol–water partition coefficient (Wildman–Crippen LogP) is 2.56. The Balaban J connectivity index is 2.48. The summed E-state index contributed by atoms with van der Waals surface area (Å²) in [5.41, 5.74) is 2.27. The van der Waals surface area contributed by atoms with Crippen molar-refractivity contribution in [1.29, 1.82) is 5.26 Å². The third kappa shape index (κ3) is 1.27. The summed E-state index contributed by atoms with van der Waals surface area (Å²) in [6, 6.07) is 10.3. The minimum Gasteiger partial charge on any atom is -0.359 e. The van der Waals surface area contributed by atoms with Crippen molar-refractivity contribution in [2.24, 2.45) is 0 Å². The zero-order chi connectivity index (χ0) is 9.97. The molecule has 70 valence electrons. The lowest BCUT2D eigenvalue weighted by molar-refractivity contribution is 0.346. The molecule has 1 aromatic rings. The Morgan fingerprint density at radius 2 is 2.21 bits per heavy atom. The highest BCUT2D eigenvalue weighted by Gasteiger charge is 2.20. The Morgan fingerprint density at radius 1 is 1.43 bits per heavy atom. The van der Waals surface area contributed by atoms with Gasteiger partial charge in [0.2, 0.25) is 0 Å². The Labute approximate surface area is 84.1 Å². The van der Waals surface area contributed by atoms with E-state index in [4.69, 9.17) is 5.26 Å². The van der Waals surface area contributed by atoms with Crippen molar-refractivity contribution in [2.45, 2.75) is 13.0 Å². The van der Waals surface area contributed by atoms with Gasteiger partial charge in [0.05, 0.1) is 6.07 Å². The fourth-order valence-corrected chi connectivity index (χ4v) is 1.78. The molecule has 14 heavy (non-hydrogen) atoms. The van der Waals surface area contributed by atoms with Gasteiger partial charge in [-0.15, -0.1) is 0 Å². The van der Waals surface area contributed by atoms with E-state index in [1.54, 1.807) is 0 Å². The molecule has 0 aliphatic carbocycles. The van der Waals surface area contributed by atoms with Gasteiger partial charge in [0, 0.05) is 12.7 Å². The summed E-state index contributed by atoms with van der Waals surface area (Å²) in [6.45, 7) is 2.92. The average molecular weight is 184 g/mol. The lowest BCUT2D eigenvalue weighted by Crippen LogP contribution is -2.25. The maximum atomic E-state index is 9.11. The van der Waals surface area contributed by atoms with Gasteiger partial charge in [-0.05, 0) is 24.1 Å². The van der Waals surface area contributed by atoms with Gasteiger partial charge in [0.1, 0.15) is 6.04 Å². The molecule has 1 atom stereocenters. The Hall–Kier alpha value is -1.75. The third-order valence-corrected chi connectivity index (χ3v) is 2.56. The minimum absolute atomic E-state index is 0.124. The predicted molar refractivity (Wildman–Crippen MR) is 56.2 cm³/mol. The molecule has 0 saturated carbocycles. The molecule has 0 amide bonds. The first-order valence-electron chi connectivity index (χ1n) is 4.79. The zero-order valence-electron chi connectivity index (χ0n) is 8.14. The van der Waals surface area contributed by atoms with Crippen LogP contribution < -0.4 is 0 Å². The smallest absolute Gasteiger partial charge is 0.142 e. The topological polar surface area (TPSA) is 27.0 Å². The summed E-state index contributed by atoms with van der Waals surface area (Å²) in [4.78, 5) is 2.04. The second-order valence-corrected chi connectivity index (χ2v) is 3.31. The van der Waals surface area contributed by atoms with Gasteiger partial charge >= 0.3 is 0 Å². The molecule has 0 spiro atoms. The van der Waals surface area contributed by atoms with Crippen molar-refractivity contribution in [3.8, 4) is 6.07 Å². The first kappa shape index (κ1) is 8.83. The van der Waals surface area contributed by atoms with Crippen LogP contribution in [0.2, 0.25) is 0 Å². The van der Waals surface area contributed by atoms with E-state index in [0.717, 1.165) is 17.7 Å². The zero-order valence-corrected chi connectivity index (χ0v) is 8.14. The molecule has 0 fully saturated rings.